The molecule has 2 N–H and O–H groups in total. The molecule has 1 saturated carbocycles. The highest BCUT2D eigenvalue weighted by atomic mass is 35.5. The Hall–Kier alpha value is -0.540. The Morgan fingerprint density at radius 2 is 2.16 bits per heavy atom. The van der Waals surface area contributed by atoms with Crippen molar-refractivity contribution >= 4 is 11.6 Å². The van der Waals surface area contributed by atoms with E-state index in [-0.39, 0.29) is 0 Å². The molecule has 1 aliphatic carbocycles. The molecule has 0 amide bonds. The Kier molecular flexibility index (Phi) is 4.26. The zero-order chi connectivity index (χ0) is 14.2. The minimum absolute atomic E-state index is 0.295. The summed E-state index contributed by atoms with van der Waals surface area (Å²) in [6.07, 6.45) is 5.36. The minimum atomic E-state index is 0.295. The summed E-state index contributed by atoms with van der Waals surface area (Å²) in [4.78, 5) is 0. The second-order valence-electron chi connectivity index (χ2n) is 6.72. The number of aromatic nitrogens is 2. The first kappa shape index (κ1) is 14.9. The van der Waals surface area contributed by atoms with E-state index in [1.807, 2.05) is 11.7 Å². The molecule has 19 heavy (non-hydrogen) atoms. The number of hydrogen-bond donors (Lipinski definition) is 1. The molecular weight excluding hydrogens is 258 g/mol. The molecule has 1 heterocycles. The zero-order valence-corrected chi connectivity index (χ0v) is 13.3. The van der Waals surface area contributed by atoms with E-state index in [0.29, 0.717) is 17.4 Å². The lowest BCUT2D eigenvalue weighted by Crippen LogP contribution is -2.40. The largest absolute Gasteiger partial charge is 0.327 e. The topological polar surface area (TPSA) is 43.8 Å². The molecule has 1 aromatic rings. The van der Waals surface area contributed by atoms with Crippen LogP contribution in [0.4, 0.5) is 0 Å². The van der Waals surface area contributed by atoms with Gasteiger partial charge in [0.2, 0.25) is 0 Å². The molecule has 3 nitrogen and oxygen atoms in total. The maximum absolute atomic E-state index is 6.44. The van der Waals surface area contributed by atoms with Gasteiger partial charge in [-0.15, -0.1) is 0 Å². The molecule has 2 unspecified atom stereocenters. The summed E-state index contributed by atoms with van der Waals surface area (Å²) >= 11 is 6.44. The first-order valence-corrected chi connectivity index (χ1v) is 7.67. The first-order valence-electron chi connectivity index (χ1n) is 7.30. The second kappa shape index (κ2) is 5.45. The molecule has 1 aliphatic rings. The Bertz CT molecular complexity index is 450. The molecule has 2 rings (SSSR count). The molecule has 4 heteroatoms. The van der Waals surface area contributed by atoms with Crippen molar-refractivity contribution in [2.45, 2.75) is 58.9 Å². The van der Waals surface area contributed by atoms with E-state index in [2.05, 4.69) is 25.9 Å². The van der Waals surface area contributed by atoms with Crippen molar-refractivity contribution in [2.24, 2.45) is 24.1 Å². The maximum atomic E-state index is 6.44. The highest BCUT2D eigenvalue weighted by Gasteiger charge is 2.34. The lowest BCUT2D eigenvalue weighted by molar-refractivity contribution is 0.155. The zero-order valence-electron chi connectivity index (χ0n) is 12.5. The fraction of sp³-hybridized carbons (Fsp3) is 0.800. The van der Waals surface area contributed by atoms with E-state index in [4.69, 9.17) is 17.3 Å². The molecule has 2 atom stereocenters. The van der Waals surface area contributed by atoms with Crippen LogP contribution in [0.1, 0.15) is 51.4 Å². The van der Waals surface area contributed by atoms with E-state index < -0.39 is 0 Å². The highest BCUT2D eigenvalue weighted by molar-refractivity contribution is 6.31. The van der Waals surface area contributed by atoms with E-state index in [1.54, 1.807) is 0 Å². The molecule has 1 aromatic heterocycles. The van der Waals surface area contributed by atoms with Crippen LogP contribution in [0, 0.1) is 11.3 Å². The normalized spacial score (nSPS) is 26.6. The SMILES string of the molecule is CCc1nn(C)c(CC2CC(C)(C)CCC2N)c1Cl. The number of aryl methyl sites for hydroxylation is 2. The van der Waals surface area contributed by atoms with Crippen LogP contribution in [0.5, 0.6) is 0 Å². The van der Waals surface area contributed by atoms with E-state index in [1.165, 1.54) is 12.8 Å². The molecule has 0 aliphatic heterocycles. The second-order valence-corrected chi connectivity index (χ2v) is 7.10. The van der Waals surface area contributed by atoms with Crippen LogP contribution in [-0.4, -0.2) is 15.8 Å². The number of rotatable bonds is 3. The van der Waals surface area contributed by atoms with E-state index >= 15 is 0 Å². The predicted octanol–water partition coefficient (Wildman–Crippen LogP) is 3.33. The summed E-state index contributed by atoms with van der Waals surface area (Å²) in [6.45, 7) is 6.77. The van der Waals surface area contributed by atoms with Crippen molar-refractivity contribution in [3.8, 4) is 0 Å². The van der Waals surface area contributed by atoms with Gasteiger partial charge in [-0.1, -0.05) is 32.4 Å². The van der Waals surface area contributed by atoms with Gasteiger partial charge >= 0.3 is 0 Å². The van der Waals surface area contributed by atoms with Crippen LogP contribution >= 0.6 is 11.6 Å². The number of halogens is 1. The highest BCUT2D eigenvalue weighted by Crippen LogP contribution is 2.40. The lowest BCUT2D eigenvalue weighted by Gasteiger charge is -2.39. The van der Waals surface area contributed by atoms with Crippen LogP contribution in [0.25, 0.3) is 0 Å². The molecular formula is C15H26ClN3. The van der Waals surface area contributed by atoms with Crippen LogP contribution in [0.3, 0.4) is 0 Å². The van der Waals surface area contributed by atoms with Gasteiger partial charge in [0.15, 0.2) is 0 Å². The first-order chi connectivity index (χ1) is 8.84. The average molecular weight is 284 g/mol. The Labute approximate surface area is 121 Å². The maximum Gasteiger partial charge on any atom is 0.0849 e. The Balaban J connectivity index is 2.18. The van der Waals surface area contributed by atoms with Gasteiger partial charge in [0, 0.05) is 13.1 Å². The molecule has 0 spiro atoms. The third kappa shape index (κ3) is 3.14. The Morgan fingerprint density at radius 1 is 1.47 bits per heavy atom. The van der Waals surface area contributed by atoms with Crippen LogP contribution < -0.4 is 5.73 Å². The average Bonchev–Trinajstić information content (AvgIpc) is 2.61. The van der Waals surface area contributed by atoms with Gasteiger partial charge in [-0.25, -0.2) is 0 Å². The van der Waals surface area contributed by atoms with Gasteiger partial charge in [-0.05, 0) is 43.4 Å². The summed E-state index contributed by atoms with van der Waals surface area (Å²) in [5.41, 5.74) is 8.87. The quantitative estimate of drug-likeness (QED) is 0.925. The van der Waals surface area contributed by atoms with Crippen molar-refractivity contribution in [2.75, 3.05) is 0 Å². The van der Waals surface area contributed by atoms with Gasteiger partial charge in [0.05, 0.1) is 16.4 Å². The lowest BCUT2D eigenvalue weighted by atomic mass is 9.69. The Morgan fingerprint density at radius 3 is 2.74 bits per heavy atom. The van der Waals surface area contributed by atoms with Crippen molar-refractivity contribution in [1.29, 1.82) is 0 Å². The molecule has 0 bridgehead atoms. The molecule has 1 fully saturated rings. The van der Waals surface area contributed by atoms with Gasteiger partial charge in [0.25, 0.3) is 0 Å². The molecule has 0 radical (unpaired) electrons. The summed E-state index contributed by atoms with van der Waals surface area (Å²) in [5.74, 6) is 0.515. The van der Waals surface area contributed by atoms with Crippen molar-refractivity contribution in [1.82, 2.24) is 9.78 Å². The third-order valence-corrected chi connectivity index (χ3v) is 4.97. The summed E-state index contributed by atoms with van der Waals surface area (Å²) < 4.78 is 1.94. The summed E-state index contributed by atoms with van der Waals surface area (Å²) in [7, 11) is 1.99. The van der Waals surface area contributed by atoms with E-state index in [9.17, 15) is 0 Å². The van der Waals surface area contributed by atoms with Crippen molar-refractivity contribution < 1.29 is 0 Å². The van der Waals surface area contributed by atoms with Gasteiger partial charge < -0.3 is 5.73 Å². The molecule has 0 aromatic carbocycles. The van der Waals surface area contributed by atoms with Gasteiger partial charge in [-0.2, -0.15) is 5.10 Å². The van der Waals surface area contributed by atoms with Crippen molar-refractivity contribution in [3.63, 3.8) is 0 Å². The number of hydrogen-bond acceptors (Lipinski definition) is 2. The summed E-state index contributed by atoms with van der Waals surface area (Å²) in [6, 6.07) is 0.295. The van der Waals surface area contributed by atoms with Gasteiger partial charge in [-0.3, -0.25) is 4.68 Å². The fourth-order valence-corrected chi connectivity index (χ4v) is 3.64. The summed E-state index contributed by atoms with van der Waals surface area (Å²) in [5, 5.41) is 5.35. The van der Waals surface area contributed by atoms with Gasteiger partial charge in [0.1, 0.15) is 0 Å². The fourth-order valence-electron chi connectivity index (χ4n) is 3.27. The smallest absolute Gasteiger partial charge is 0.0849 e. The third-order valence-electron chi connectivity index (χ3n) is 4.53. The molecule has 0 saturated heterocycles. The van der Waals surface area contributed by atoms with Crippen molar-refractivity contribution in [3.05, 3.63) is 16.4 Å². The van der Waals surface area contributed by atoms with Crippen LogP contribution in [0.15, 0.2) is 0 Å². The number of nitrogens with two attached hydrogens (primary N) is 1. The van der Waals surface area contributed by atoms with Crippen LogP contribution in [0.2, 0.25) is 5.02 Å². The minimum Gasteiger partial charge on any atom is -0.327 e. The van der Waals surface area contributed by atoms with E-state index in [0.717, 1.165) is 35.7 Å². The standard InChI is InChI=1S/C15H26ClN3/c1-5-12-14(16)13(19(4)18-12)8-10-9-15(2,3)7-6-11(10)17/h10-11H,5-9,17H2,1-4H3. The number of nitrogens with zero attached hydrogens (tertiary/aromatic N) is 2. The van der Waals surface area contributed by atoms with Crippen LogP contribution in [-0.2, 0) is 19.9 Å². The molecule has 108 valence electrons. The monoisotopic (exact) mass is 283 g/mol. The predicted molar refractivity (Wildman–Crippen MR) is 80.4 cm³/mol.